The van der Waals surface area contributed by atoms with Gasteiger partial charge in [0.05, 0.1) is 15.9 Å². The van der Waals surface area contributed by atoms with E-state index in [-0.39, 0.29) is 17.3 Å². The van der Waals surface area contributed by atoms with Crippen LogP contribution in [0.5, 0.6) is 0 Å². The molecule has 10 nitrogen and oxygen atoms in total. The van der Waals surface area contributed by atoms with Gasteiger partial charge in [-0.05, 0) is 6.07 Å². The Balaban J connectivity index is 2.65. The van der Waals surface area contributed by atoms with E-state index in [0.717, 1.165) is 23.1 Å². The van der Waals surface area contributed by atoms with Crippen LogP contribution in [0.1, 0.15) is 0 Å². The van der Waals surface area contributed by atoms with E-state index in [1.165, 1.54) is 6.07 Å². The number of hydrogen-bond acceptors (Lipinski definition) is 7. The maximum atomic E-state index is 10.9. The first-order valence-electron chi connectivity index (χ1n) is 4.59. The van der Waals surface area contributed by atoms with Crippen LogP contribution >= 0.6 is 0 Å². The average Bonchev–Trinajstić information content (AvgIpc) is 2.74. The number of nitrogens with zero attached hydrogens (tertiary/aromatic N) is 5. The quantitative estimate of drug-likeness (QED) is 0.622. The fraction of sp³-hybridized carbons (Fsp3) is 0. The molecule has 0 saturated heterocycles. The highest BCUT2D eigenvalue weighted by atomic mass is 16.6. The third kappa shape index (κ3) is 1.81. The summed E-state index contributed by atoms with van der Waals surface area (Å²) in [5, 5.41) is 25.2. The Kier molecular flexibility index (Phi) is 2.60. The van der Waals surface area contributed by atoms with Gasteiger partial charge in [-0.25, -0.2) is 0 Å². The smallest absolute Gasteiger partial charge is 0.301 e. The minimum absolute atomic E-state index is 0.0144. The third-order valence-electron chi connectivity index (χ3n) is 2.17. The monoisotopic (exact) mass is 250 g/mol. The van der Waals surface area contributed by atoms with Gasteiger partial charge in [-0.2, -0.15) is 14.8 Å². The SMILES string of the molecule is Nc1ncnn1-c1ccc([N+](=O)[O-])cc1[N+](=O)[O-]. The second-order valence-electron chi connectivity index (χ2n) is 3.22. The molecule has 2 N–H and O–H groups in total. The Hall–Kier alpha value is -3.04. The number of anilines is 1. The van der Waals surface area contributed by atoms with Crippen molar-refractivity contribution in [3.8, 4) is 5.69 Å². The molecular weight excluding hydrogens is 244 g/mol. The van der Waals surface area contributed by atoms with Crippen LogP contribution in [-0.2, 0) is 0 Å². The number of hydrogen-bond donors (Lipinski definition) is 1. The van der Waals surface area contributed by atoms with Crippen molar-refractivity contribution >= 4 is 17.3 Å². The summed E-state index contributed by atoms with van der Waals surface area (Å²) >= 11 is 0. The van der Waals surface area contributed by atoms with Crippen LogP contribution in [-0.4, -0.2) is 24.6 Å². The van der Waals surface area contributed by atoms with Crippen LogP contribution in [0.3, 0.4) is 0 Å². The molecule has 10 heteroatoms. The highest BCUT2D eigenvalue weighted by Gasteiger charge is 2.22. The van der Waals surface area contributed by atoms with Gasteiger partial charge in [-0.15, -0.1) is 0 Å². The minimum Gasteiger partial charge on any atom is -0.368 e. The predicted molar refractivity (Wildman–Crippen MR) is 59.1 cm³/mol. The number of non-ortho nitro benzene ring substituents is 1. The molecule has 0 bridgehead atoms. The molecule has 0 amide bonds. The van der Waals surface area contributed by atoms with Crippen molar-refractivity contribution in [2.75, 3.05) is 5.73 Å². The maximum absolute atomic E-state index is 10.9. The second kappa shape index (κ2) is 4.08. The normalized spacial score (nSPS) is 10.2. The zero-order valence-electron chi connectivity index (χ0n) is 8.76. The number of benzene rings is 1. The number of nitro benzene ring substituents is 2. The summed E-state index contributed by atoms with van der Waals surface area (Å²) in [6.07, 6.45) is 1.13. The van der Waals surface area contributed by atoms with Crippen LogP contribution in [0, 0.1) is 20.2 Å². The van der Waals surface area contributed by atoms with Crippen molar-refractivity contribution in [2.24, 2.45) is 0 Å². The fourth-order valence-electron chi connectivity index (χ4n) is 1.39. The van der Waals surface area contributed by atoms with E-state index in [9.17, 15) is 20.2 Å². The number of nitrogen functional groups attached to an aromatic ring is 1. The van der Waals surface area contributed by atoms with Crippen LogP contribution in [0.4, 0.5) is 17.3 Å². The third-order valence-corrected chi connectivity index (χ3v) is 2.17. The molecule has 0 saturated carbocycles. The van der Waals surface area contributed by atoms with Crippen LogP contribution in [0.25, 0.3) is 5.69 Å². The van der Waals surface area contributed by atoms with Gasteiger partial charge in [0.25, 0.3) is 5.69 Å². The molecule has 1 aromatic heterocycles. The molecule has 92 valence electrons. The fourth-order valence-corrected chi connectivity index (χ4v) is 1.39. The summed E-state index contributed by atoms with van der Waals surface area (Å²) in [5.41, 5.74) is 4.63. The van der Waals surface area contributed by atoms with Gasteiger partial charge in [-0.3, -0.25) is 20.2 Å². The number of aromatic nitrogens is 3. The molecule has 0 aliphatic heterocycles. The standard InChI is InChI=1S/C8H6N6O4/c9-8-10-4-11-12(8)6-2-1-5(13(15)16)3-7(6)14(17)18/h1-4H,(H2,9,10,11). The Morgan fingerprint density at radius 2 is 1.94 bits per heavy atom. The lowest BCUT2D eigenvalue weighted by Gasteiger charge is -2.03. The first kappa shape index (κ1) is 11.4. The minimum atomic E-state index is -0.747. The van der Waals surface area contributed by atoms with E-state index in [4.69, 9.17) is 5.73 Å². The highest BCUT2D eigenvalue weighted by molar-refractivity contribution is 5.59. The molecule has 0 spiro atoms. The van der Waals surface area contributed by atoms with Crippen LogP contribution in [0.2, 0.25) is 0 Å². The summed E-state index contributed by atoms with van der Waals surface area (Å²) in [7, 11) is 0. The summed E-state index contributed by atoms with van der Waals surface area (Å²) < 4.78 is 1.03. The molecule has 1 aromatic carbocycles. The first-order chi connectivity index (χ1) is 8.50. The van der Waals surface area contributed by atoms with Gasteiger partial charge in [0.2, 0.25) is 5.95 Å². The van der Waals surface area contributed by atoms with Crippen molar-refractivity contribution in [1.82, 2.24) is 14.8 Å². The molecule has 1 heterocycles. The number of rotatable bonds is 3. The molecule has 0 aliphatic rings. The molecule has 2 rings (SSSR count). The van der Waals surface area contributed by atoms with Gasteiger partial charge in [0.1, 0.15) is 12.0 Å². The topological polar surface area (TPSA) is 143 Å². The summed E-state index contributed by atoms with van der Waals surface area (Å²) in [4.78, 5) is 23.6. The van der Waals surface area contributed by atoms with E-state index in [0.29, 0.717) is 0 Å². The predicted octanol–water partition coefficient (Wildman–Crippen LogP) is 0.666. The van der Waals surface area contributed by atoms with E-state index < -0.39 is 15.5 Å². The van der Waals surface area contributed by atoms with Crippen molar-refractivity contribution in [2.45, 2.75) is 0 Å². The second-order valence-corrected chi connectivity index (χ2v) is 3.22. The Labute approximate surface area is 99.0 Å². The van der Waals surface area contributed by atoms with Gasteiger partial charge in [-0.1, -0.05) is 0 Å². The highest BCUT2D eigenvalue weighted by Crippen LogP contribution is 2.28. The molecular formula is C8H6N6O4. The lowest BCUT2D eigenvalue weighted by Crippen LogP contribution is -2.06. The van der Waals surface area contributed by atoms with Crippen LogP contribution in [0.15, 0.2) is 24.5 Å². The Morgan fingerprint density at radius 3 is 2.44 bits per heavy atom. The molecule has 0 radical (unpaired) electrons. The average molecular weight is 250 g/mol. The van der Waals surface area contributed by atoms with Crippen molar-refractivity contribution < 1.29 is 9.85 Å². The van der Waals surface area contributed by atoms with Gasteiger partial charge < -0.3 is 5.73 Å². The lowest BCUT2D eigenvalue weighted by molar-refractivity contribution is -0.394. The summed E-state index contributed by atoms with van der Waals surface area (Å²) in [6.45, 7) is 0. The van der Waals surface area contributed by atoms with Crippen molar-refractivity contribution in [3.05, 3.63) is 44.8 Å². The Bertz CT molecular complexity index is 636. The molecule has 0 aliphatic carbocycles. The number of nitro groups is 2. The lowest BCUT2D eigenvalue weighted by atomic mass is 10.2. The van der Waals surface area contributed by atoms with Crippen LogP contribution < -0.4 is 5.73 Å². The Morgan fingerprint density at radius 1 is 1.22 bits per heavy atom. The van der Waals surface area contributed by atoms with E-state index in [2.05, 4.69) is 10.1 Å². The van der Waals surface area contributed by atoms with E-state index in [1.54, 1.807) is 0 Å². The van der Waals surface area contributed by atoms with Crippen molar-refractivity contribution in [1.29, 1.82) is 0 Å². The molecule has 0 fully saturated rings. The van der Waals surface area contributed by atoms with Gasteiger partial charge in [0, 0.05) is 6.07 Å². The molecule has 0 unspecified atom stereocenters. The first-order valence-corrected chi connectivity index (χ1v) is 4.59. The maximum Gasteiger partial charge on any atom is 0.301 e. The molecule has 0 atom stereocenters. The van der Waals surface area contributed by atoms with E-state index in [1.807, 2.05) is 0 Å². The van der Waals surface area contributed by atoms with Gasteiger partial charge >= 0.3 is 5.69 Å². The van der Waals surface area contributed by atoms with Crippen molar-refractivity contribution in [3.63, 3.8) is 0 Å². The zero-order valence-corrected chi connectivity index (χ0v) is 8.76. The number of nitrogens with two attached hydrogens (primary N) is 1. The molecule has 18 heavy (non-hydrogen) atoms. The zero-order chi connectivity index (χ0) is 13.3. The molecule has 2 aromatic rings. The van der Waals surface area contributed by atoms with E-state index >= 15 is 0 Å². The summed E-state index contributed by atoms with van der Waals surface area (Å²) in [6, 6.07) is 3.17. The largest absolute Gasteiger partial charge is 0.368 e. The van der Waals surface area contributed by atoms with Gasteiger partial charge in [0.15, 0.2) is 0 Å². The summed E-state index contributed by atoms with van der Waals surface area (Å²) in [5.74, 6) is -0.0491.